The lowest BCUT2D eigenvalue weighted by atomic mass is 10.5. The monoisotopic (exact) mass is 273 g/mol. The SMILES string of the molecule is Nc1nn(-c2ncccc2Br)nc1Cl. The second kappa shape index (κ2) is 3.55. The van der Waals surface area contributed by atoms with Gasteiger partial charge in [0.1, 0.15) is 0 Å². The zero-order valence-electron chi connectivity index (χ0n) is 6.85. The Labute approximate surface area is 93.0 Å². The van der Waals surface area contributed by atoms with Crippen molar-refractivity contribution in [2.75, 3.05) is 5.73 Å². The minimum atomic E-state index is 0.169. The van der Waals surface area contributed by atoms with E-state index in [1.807, 2.05) is 6.07 Å². The molecule has 0 bridgehead atoms. The number of pyridine rings is 1. The maximum absolute atomic E-state index is 5.67. The molecule has 0 radical (unpaired) electrons. The second-order valence-corrected chi connectivity index (χ2v) is 3.69. The van der Waals surface area contributed by atoms with Crippen LogP contribution in [0, 0.1) is 0 Å². The molecule has 2 rings (SSSR count). The average molecular weight is 275 g/mol. The van der Waals surface area contributed by atoms with E-state index < -0.39 is 0 Å². The fourth-order valence-corrected chi connectivity index (χ4v) is 1.44. The van der Waals surface area contributed by atoms with Crippen molar-refractivity contribution >= 4 is 33.3 Å². The fraction of sp³-hybridized carbons (Fsp3) is 0. The molecule has 72 valence electrons. The normalized spacial score (nSPS) is 10.4. The van der Waals surface area contributed by atoms with Gasteiger partial charge >= 0.3 is 0 Å². The van der Waals surface area contributed by atoms with E-state index in [0.717, 1.165) is 4.47 Å². The predicted octanol–water partition coefficient (Wildman–Crippen LogP) is 1.66. The van der Waals surface area contributed by atoms with E-state index in [1.54, 1.807) is 12.3 Å². The van der Waals surface area contributed by atoms with E-state index in [4.69, 9.17) is 17.3 Å². The Kier molecular flexibility index (Phi) is 2.39. The zero-order valence-corrected chi connectivity index (χ0v) is 9.20. The number of hydrogen-bond donors (Lipinski definition) is 1. The van der Waals surface area contributed by atoms with Crippen molar-refractivity contribution in [1.29, 1.82) is 0 Å². The molecule has 0 fully saturated rings. The van der Waals surface area contributed by atoms with Gasteiger partial charge in [-0.3, -0.25) is 0 Å². The average Bonchev–Trinajstić information content (AvgIpc) is 2.48. The van der Waals surface area contributed by atoms with Gasteiger partial charge in [0, 0.05) is 6.20 Å². The Balaban J connectivity index is 2.55. The molecule has 2 aromatic heterocycles. The largest absolute Gasteiger partial charge is 0.380 e. The van der Waals surface area contributed by atoms with Gasteiger partial charge in [-0.2, -0.15) is 0 Å². The van der Waals surface area contributed by atoms with Gasteiger partial charge in [0.15, 0.2) is 16.8 Å². The number of rotatable bonds is 1. The summed E-state index contributed by atoms with van der Waals surface area (Å²) in [5.41, 5.74) is 5.46. The quantitative estimate of drug-likeness (QED) is 0.858. The molecule has 7 heteroatoms. The van der Waals surface area contributed by atoms with Gasteiger partial charge in [0.25, 0.3) is 0 Å². The van der Waals surface area contributed by atoms with Crippen molar-refractivity contribution in [3.63, 3.8) is 0 Å². The van der Waals surface area contributed by atoms with E-state index in [2.05, 4.69) is 31.1 Å². The lowest BCUT2D eigenvalue weighted by Gasteiger charge is -1.99. The Morgan fingerprint density at radius 3 is 2.79 bits per heavy atom. The molecule has 5 nitrogen and oxygen atoms in total. The molecule has 2 N–H and O–H groups in total. The van der Waals surface area contributed by atoms with Crippen molar-refractivity contribution in [3.8, 4) is 5.82 Å². The molecule has 0 saturated heterocycles. The van der Waals surface area contributed by atoms with E-state index in [0.29, 0.717) is 5.82 Å². The number of nitrogen functional groups attached to an aromatic ring is 1. The predicted molar refractivity (Wildman–Crippen MR) is 56.3 cm³/mol. The third kappa shape index (κ3) is 1.58. The Bertz CT molecular complexity index is 449. The molecule has 0 spiro atoms. The molecule has 0 amide bonds. The van der Waals surface area contributed by atoms with E-state index >= 15 is 0 Å². The first-order chi connectivity index (χ1) is 6.68. The molecular weight excluding hydrogens is 269 g/mol. The maximum Gasteiger partial charge on any atom is 0.195 e. The van der Waals surface area contributed by atoms with E-state index in [9.17, 15) is 0 Å². The Hall–Kier alpha value is -1.14. The number of nitrogens with two attached hydrogens (primary N) is 1. The highest BCUT2D eigenvalue weighted by Gasteiger charge is 2.09. The molecule has 0 aromatic carbocycles. The van der Waals surface area contributed by atoms with Crippen LogP contribution in [-0.2, 0) is 0 Å². The standard InChI is InChI=1S/C7H5BrClN5/c8-4-2-1-3-11-7(4)14-12-5(9)6(10)13-14/h1-3H,(H2,10,13). The van der Waals surface area contributed by atoms with Crippen molar-refractivity contribution in [3.05, 3.63) is 28.0 Å². The summed E-state index contributed by atoms with van der Waals surface area (Å²) >= 11 is 8.99. The van der Waals surface area contributed by atoms with Crippen LogP contribution in [0.4, 0.5) is 5.82 Å². The zero-order chi connectivity index (χ0) is 10.1. The molecule has 0 atom stereocenters. The second-order valence-electron chi connectivity index (χ2n) is 2.47. The van der Waals surface area contributed by atoms with Crippen molar-refractivity contribution in [2.24, 2.45) is 0 Å². The van der Waals surface area contributed by atoms with Gasteiger partial charge in [-0.25, -0.2) is 4.98 Å². The summed E-state index contributed by atoms with van der Waals surface area (Å²) in [6, 6.07) is 3.62. The van der Waals surface area contributed by atoms with Crippen LogP contribution >= 0.6 is 27.5 Å². The Morgan fingerprint density at radius 2 is 2.21 bits per heavy atom. The molecule has 0 aliphatic carbocycles. The summed E-state index contributed by atoms with van der Waals surface area (Å²) < 4.78 is 0.770. The van der Waals surface area contributed by atoms with Crippen LogP contribution in [0.1, 0.15) is 0 Å². The lowest BCUT2D eigenvalue weighted by molar-refractivity contribution is 0.728. The van der Waals surface area contributed by atoms with Crippen LogP contribution in [0.5, 0.6) is 0 Å². The molecule has 0 unspecified atom stereocenters. The molecule has 2 heterocycles. The Morgan fingerprint density at radius 1 is 1.43 bits per heavy atom. The number of hydrogen-bond acceptors (Lipinski definition) is 4. The summed E-state index contributed by atoms with van der Waals surface area (Å²) in [6.07, 6.45) is 1.63. The summed E-state index contributed by atoms with van der Waals surface area (Å²) in [7, 11) is 0. The third-order valence-electron chi connectivity index (χ3n) is 1.52. The van der Waals surface area contributed by atoms with Crippen LogP contribution in [-0.4, -0.2) is 20.0 Å². The minimum absolute atomic E-state index is 0.169. The molecule has 0 aliphatic rings. The van der Waals surface area contributed by atoms with Crippen LogP contribution in [0.25, 0.3) is 5.82 Å². The highest BCUT2D eigenvalue weighted by molar-refractivity contribution is 9.10. The van der Waals surface area contributed by atoms with Gasteiger partial charge in [-0.15, -0.1) is 15.0 Å². The highest BCUT2D eigenvalue weighted by atomic mass is 79.9. The summed E-state index contributed by atoms with van der Waals surface area (Å²) in [5.74, 6) is 0.732. The molecule has 0 saturated carbocycles. The first-order valence-corrected chi connectivity index (χ1v) is 4.85. The topological polar surface area (TPSA) is 69.6 Å². The smallest absolute Gasteiger partial charge is 0.195 e. The highest BCUT2D eigenvalue weighted by Crippen LogP contribution is 2.19. The number of nitrogens with zero attached hydrogens (tertiary/aromatic N) is 4. The molecular formula is C7H5BrClN5. The van der Waals surface area contributed by atoms with Crippen LogP contribution in [0.3, 0.4) is 0 Å². The first-order valence-electron chi connectivity index (χ1n) is 3.67. The van der Waals surface area contributed by atoms with E-state index in [-0.39, 0.29) is 11.0 Å². The van der Waals surface area contributed by atoms with Crippen molar-refractivity contribution in [1.82, 2.24) is 20.0 Å². The molecule has 0 aliphatic heterocycles. The summed E-state index contributed by atoms with van der Waals surface area (Å²) in [6.45, 7) is 0. The van der Waals surface area contributed by atoms with Gasteiger partial charge < -0.3 is 5.73 Å². The number of aromatic nitrogens is 4. The van der Waals surface area contributed by atoms with Gasteiger partial charge in [-0.05, 0) is 28.1 Å². The maximum atomic E-state index is 5.67. The van der Waals surface area contributed by atoms with E-state index in [1.165, 1.54) is 4.80 Å². The summed E-state index contributed by atoms with van der Waals surface area (Å²) in [4.78, 5) is 5.36. The number of halogens is 2. The fourth-order valence-electron chi connectivity index (χ4n) is 0.919. The van der Waals surface area contributed by atoms with Gasteiger partial charge in [0.05, 0.1) is 4.47 Å². The lowest BCUT2D eigenvalue weighted by Crippen LogP contribution is -2.02. The molecule has 14 heavy (non-hydrogen) atoms. The summed E-state index contributed by atoms with van der Waals surface area (Å²) in [5, 5.41) is 7.96. The first kappa shape index (κ1) is 9.42. The molecule has 2 aromatic rings. The van der Waals surface area contributed by atoms with Crippen LogP contribution in [0.2, 0.25) is 5.15 Å². The third-order valence-corrected chi connectivity index (χ3v) is 2.41. The van der Waals surface area contributed by atoms with Crippen LogP contribution in [0.15, 0.2) is 22.8 Å². The van der Waals surface area contributed by atoms with Crippen molar-refractivity contribution in [2.45, 2.75) is 0 Å². The minimum Gasteiger partial charge on any atom is -0.380 e. The van der Waals surface area contributed by atoms with Crippen LogP contribution < -0.4 is 5.73 Å². The number of anilines is 1. The van der Waals surface area contributed by atoms with Gasteiger partial charge in [0.2, 0.25) is 0 Å². The van der Waals surface area contributed by atoms with Crippen molar-refractivity contribution < 1.29 is 0 Å². The van der Waals surface area contributed by atoms with Gasteiger partial charge in [-0.1, -0.05) is 11.6 Å².